The van der Waals surface area contributed by atoms with Crippen LogP contribution in [0.1, 0.15) is 34.7 Å². The Morgan fingerprint density at radius 3 is 2.96 bits per heavy atom. The number of carbonyl (C=O) groups is 2. The third-order valence-electron chi connectivity index (χ3n) is 5.21. The summed E-state index contributed by atoms with van der Waals surface area (Å²) >= 11 is 1.53. The fraction of sp³-hybridized carbons (Fsp3) is 0.474. The van der Waals surface area contributed by atoms with Crippen LogP contribution in [0.4, 0.5) is 0 Å². The average molecular weight is 386 g/mol. The minimum Gasteiger partial charge on any atom is -0.378 e. The number of hydrogen-bond donors (Lipinski definition) is 0. The van der Waals surface area contributed by atoms with Crippen molar-refractivity contribution in [2.75, 3.05) is 20.2 Å². The molecule has 0 aromatic carbocycles. The second-order valence-corrected chi connectivity index (χ2v) is 7.75. The number of carbonyl (C=O) groups excluding carboxylic acids is 2. The molecular weight excluding hydrogens is 364 g/mol. The van der Waals surface area contributed by atoms with E-state index in [1.54, 1.807) is 23.6 Å². The van der Waals surface area contributed by atoms with Crippen LogP contribution in [0.3, 0.4) is 0 Å². The molecule has 5 heterocycles. The first-order valence-electron chi connectivity index (χ1n) is 9.07. The third kappa shape index (κ3) is 3.72. The van der Waals surface area contributed by atoms with Crippen molar-refractivity contribution in [1.82, 2.24) is 19.8 Å². The molecule has 0 unspecified atom stereocenters. The number of hydrogen-bond acceptors (Lipinski definition) is 6. The van der Waals surface area contributed by atoms with E-state index in [-0.39, 0.29) is 23.8 Å². The molecule has 3 saturated heterocycles. The fourth-order valence-corrected chi connectivity index (χ4v) is 4.44. The lowest BCUT2D eigenvalue weighted by Crippen LogP contribution is -2.47. The number of fused-ring (bicyclic) bond motifs is 4. The molecule has 27 heavy (non-hydrogen) atoms. The van der Waals surface area contributed by atoms with Crippen molar-refractivity contribution in [3.05, 3.63) is 46.2 Å². The third-order valence-corrected chi connectivity index (χ3v) is 5.85. The van der Waals surface area contributed by atoms with Gasteiger partial charge in [0.25, 0.3) is 5.91 Å². The van der Waals surface area contributed by atoms with Gasteiger partial charge in [-0.25, -0.2) is 9.97 Å². The zero-order valence-corrected chi connectivity index (χ0v) is 16.0. The number of ether oxygens (including phenoxy) is 1. The first kappa shape index (κ1) is 18.1. The number of pyridine rings is 1. The molecule has 0 aliphatic carbocycles. The van der Waals surface area contributed by atoms with E-state index < -0.39 is 0 Å². The maximum absolute atomic E-state index is 13.0. The molecule has 8 heteroatoms. The quantitative estimate of drug-likeness (QED) is 0.785. The molecule has 3 fully saturated rings. The summed E-state index contributed by atoms with van der Waals surface area (Å²) in [5.41, 5.74) is 3.82. The van der Waals surface area contributed by atoms with Crippen LogP contribution < -0.4 is 0 Å². The first-order chi connectivity index (χ1) is 13.2. The van der Waals surface area contributed by atoms with Crippen LogP contribution in [0.15, 0.2) is 29.1 Å². The van der Waals surface area contributed by atoms with Gasteiger partial charge in [0.1, 0.15) is 5.69 Å². The molecule has 0 saturated carbocycles. The molecule has 0 N–H and O–H groups in total. The van der Waals surface area contributed by atoms with E-state index in [2.05, 4.69) is 9.97 Å². The van der Waals surface area contributed by atoms with Crippen molar-refractivity contribution in [3.63, 3.8) is 0 Å². The molecule has 0 spiro atoms. The average Bonchev–Trinajstić information content (AvgIpc) is 3.04. The monoisotopic (exact) mass is 386 g/mol. The molecule has 142 valence electrons. The molecule has 2 aromatic rings. The smallest absolute Gasteiger partial charge is 0.272 e. The summed E-state index contributed by atoms with van der Waals surface area (Å²) in [7, 11) is 1.60. The highest BCUT2D eigenvalue weighted by Crippen LogP contribution is 2.31. The normalized spacial score (nSPS) is 22.2. The Morgan fingerprint density at radius 2 is 2.19 bits per heavy atom. The maximum Gasteiger partial charge on any atom is 0.272 e. The summed E-state index contributed by atoms with van der Waals surface area (Å²) < 4.78 is 5.11. The highest BCUT2D eigenvalue weighted by Gasteiger charge is 2.42. The largest absolute Gasteiger partial charge is 0.378 e. The van der Waals surface area contributed by atoms with Crippen molar-refractivity contribution in [2.45, 2.75) is 32.0 Å². The Hall–Kier alpha value is -2.32. The van der Waals surface area contributed by atoms with E-state index in [0.717, 1.165) is 24.2 Å². The predicted molar refractivity (Wildman–Crippen MR) is 100 cm³/mol. The van der Waals surface area contributed by atoms with Crippen molar-refractivity contribution < 1.29 is 14.3 Å². The standard InChI is InChI=1S/C19H22N4O3S/c1-26-10-14-3-2-4-17(21-14)19(25)22-7-13-5-6-16(9-22)23(18(13)24)8-15-11-27-12-20-15/h2-4,11-13,16H,5-10H2,1H3/t13-,16+/m0/s1. The van der Waals surface area contributed by atoms with Gasteiger partial charge in [-0.05, 0) is 25.0 Å². The minimum absolute atomic E-state index is 0.0315. The van der Waals surface area contributed by atoms with Crippen LogP contribution in [-0.4, -0.2) is 57.8 Å². The van der Waals surface area contributed by atoms with E-state index >= 15 is 0 Å². The molecule has 2 bridgehead atoms. The highest BCUT2D eigenvalue weighted by molar-refractivity contribution is 7.07. The molecule has 0 radical (unpaired) electrons. The fourth-order valence-electron chi connectivity index (χ4n) is 3.89. The van der Waals surface area contributed by atoms with Crippen molar-refractivity contribution in [2.24, 2.45) is 5.92 Å². The molecule has 3 aliphatic rings. The van der Waals surface area contributed by atoms with Gasteiger partial charge in [0.15, 0.2) is 0 Å². The number of piperidine rings is 1. The van der Waals surface area contributed by atoms with Gasteiger partial charge < -0.3 is 14.5 Å². The van der Waals surface area contributed by atoms with E-state index in [4.69, 9.17) is 4.74 Å². The van der Waals surface area contributed by atoms with Crippen LogP contribution >= 0.6 is 11.3 Å². The summed E-state index contributed by atoms with van der Waals surface area (Å²) in [6.07, 6.45) is 1.75. The zero-order chi connectivity index (χ0) is 18.8. The number of amides is 2. The zero-order valence-electron chi connectivity index (χ0n) is 15.2. The Labute approximate surface area is 162 Å². The maximum atomic E-state index is 13.0. The Balaban J connectivity index is 1.53. The number of nitrogens with zero attached hydrogens (tertiary/aromatic N) is 4. The number of methoxy groups -OCH3 is 1. The Kier molecular flexibility index (Phi) is 5.18. The SMILES string of the molecule is COCc1cccc(C(=O)N2C[C@@H]3CC[C@H](C2)N(Cc2cscn2)C3=O)n1. The minimum atomic E-state index is -0.145. The van der Waals surface area contributed by atoms with Gasteiger partial charge in [0.05, 0.1) is 36.0 Å². The molecule has 3 aliphatic heterocycles. The van der Waals surface area contributed by atoms with Crippen LogP contribution in [0.2, 0.25) is 0 Å². The van der Waals surface area contributed by atoms with Crippen molar-refractivity contribution >= 4 is 23.2 Å². The van der Waals surface area contributed by atoms with E-state index in [0.29, 0.717) is 31.9 Å². The lowest BCUT2D eigenvalue weighted by atomic mass is 9.94. The number of aromatic nitrogens is 2. The summed E-state index contributed by atoms with van der Waals surface area (Å²) in [6.45, 7) is 1.89. The molecule has 7 nitrogen and oxygen atoms in total. The van der Waals surface area contributed by atoms with Crippen molar-refractivity contribution in [1.29, 1.82) is 0 Å². The van der Waals surface area contributed by atoms with Gasteiger partial charge in [-0.15, -0.1) is 11.3 Å². The summed E-state index contributed by atoms with van der Waals surface area (Å²) in [5.74, 6) is -0.128. The summed E-state index contributed by atoms with van der Waals surface area (Å²) in [5, 5.41) is 1.97. The lowest BCUT2D eigenvalue weighted by molar-refractivity contribution is -0.140. The van der Waals surface area contributed by atoms with Gasteiger partial charge in [-0.3, -0.25) is 9.59 Å². The van der Waals surface area contributed by atoms with Crippen LogP contribution in [0.5, 0.6) is 0 Å². The lowest BCUT2D eigenvalue weighted by Gasteiger charge is -2.35. The van der Waals surface area contributed by atoms with Crippen LogP contribution in [0, 0.1) is 5.92 Å². The first-order valence-corrected chi connectivity index (χ1v) is 10.0. The van der Waals surface area contributed by atoms with Gasteiger partial charge >= 0.3 is 0 Å². The molecule has 5 rings (SSSR count). The topological polar surface area (TPSA) is 75.6 Å². The Morgan fingerprint density at radius 1 is 1.30 bits per heavy atom. The van der Waals surface area contributed by atoms with E-state index in [9.17, 15) is 9.59 Å². The second-order valence-electron chi connectivity index (χ2n) is 7.03. The van der Waals surface area contributed by atoms with Crippen LogP contribution in [-0.2, 0) is 22.7 Å². The molecule has 2 atom stereocenters. The van der Waals surface area contributed by atoms with Gasteiger partial charge in [-0.1, -0.05) is 6.07 Å². The van der Waals surface area contributed by atoms with Gasteiger partial charge in [0.2, 0.25) is 5.91 Å². The highest BCUT2D eigenvalue weighted by atomic mass is 32.1. The molecule has 2 aromatic heterocycles. The van der Waals surface area contributed by atoms with Crippen LogP contribution in [0.25, 0.3) is 0 Å². The predicted octanol–water partition coefficient (Wildman–Crippen LogP) is 1.95. The number of rotatable bonds is 5. The Bertz CT molecular complexity index is 826. The molecule has 2 amide bonds. The summed E-state index contributed by atoms with van der Waals surface area (Å²) in [6, 6.07) is 5.42. The number of thiazole rings is 1. The summed E-state index contributed by atoms with van der Waals surface area (Å²) in [4.78, 5) is 38.4. The van der Waals surface area contributed by atoms with E-state index in [1.807, 2.05) is 22.4 Å². The van der Waals surface area contributed by atoms with Gasteiger partial charge in [-0.2, -0.15) is 0 Å². The second kappa shape index (κ2) is 7.74. The van der Waals surface area contributed by atoms with E-state index in [1.165, 1.54) is 11.3 Å². The van der Waals surface area contributed by atoms with Gasteiger partial charge in [0, 0.05) is 31.6 Å². The molecular formula is C19H22N4O3S. The van der Waals surface area contributed by atoms with Crippen molar-refractivity contribution in [3.8, 4) is 0 Å².